The number of unbranched alkanes of at least 4 members (excludes halogenated alkanes) is 7. The molecule has 13 heteroatoms. The zero-order chi connectivity index (χ0) is 26.1. The lowest BCUT2D eigenvalue weighted by Gasteiger charge is -2.15. The summed E-state index contributed by atoms with van der Waals surface area (Å²) < 4.78 is 75.9. The van der Waals surface area contributed by atoms with Gasteiger partial charge in [-0.2, -0.15) is 16.8 Å². The Balaban J connectivity index is 1.85. The van der Waals surface area contributed by atoms with Crippen molar-refractivity contribution in [2.24, 2.45) is 0 Å². The fourth-order valence-electron chi connectivity index (χ4n) is 3.10. The number of aromatic nitrogens is 2. The highest BCUT2D eigenvalue weighted by atomic mass is 32.3. The first-order valence-corrected chi connectivity index (χ1v) is 14.7. The Bertz CT molecular complexity index is 1050. The summed E-state index contributed by atoms with van der Waals surface area (Å²) in [5, 5.41) is 0. The maximum Gasteiger partial charge on any atom is 0.503 e. The van der Waals surface area contributed by atoms with Crippen LogP contribution in [0, 0.1) is 0 Å². The van der Waals surface area contributed by atoms with Gasteiger partial charge in [0.2, 0.25) is 24.8 Å². The molecule has 2 aromatic rings. The van der Waals surface area contributed by atoms with Crippen LogP contribution in [0.1, 0.15) is 58.3 Å². The molecule has 0 saturated heterocycles. The molecule has 36 heavy (non-hydrogen) atoms. The van der Waals surface area contributed by atoms with E-state index in [-0.39, 0.29) is 6.61 Å². The first-order chi connectivity index (χ1) is 17.3. The summed E-state index contributed by atoms with van der Waals surface area (Å²) >= 11 is 0. The second-order valence-electron chi connectivity index (χ2n) is 7.99. The highest BCUT2D eigenvalue weighted by Crippen LogP contribution is 2.09. The van der Waals surface area contributed by atoms with E-state index >= 15 is 0 Å². The summed E-state index contributed by atoms with van der Waals surface area (Å²) in [5.41, 5.74) is 0. The van der Waals surface area contributed by atoms with Crippen LogP contribution in [0.4, 0.5) is 0 Å². The van der Waals surface area contributed by atoms with Crippen LogP contribution >= 0.6 is 0 Å². The van der Waals surface area contributed by atoms with Gasteiger partial charge in [0.15, 0.2) is 0 Å². The van der Waals surface area contributed by atoms with Gasteiger partial charge in [0.1, 0.15) is 6.10 Å². The van der Waals surface area contributed by atoms with Crippen molar-refractivity contribution in [2.45, 2.75) is 64.4 Å². The smallest absolute Gasteiger partial charge is 0.379 e. The van der Waals surface area contributed by atoms with Crippen molar-refractivity contribution in [3.63, 3.8) is 0 Å². The minimum absolute atomic E-state index is 0.230. The zero-order valence-electron chi connectivity index (χ0n) is 20.5. The fourth-order valence-corrected chi connectivity index (χ4v) is 4.56. The molecule has 0 saturated carbocycles. The number of hydrogen-bond acceptors (Lipinski definition) is 9. The third-order valence-corrected chi connectivity index (χ3v) is 6.47. The van der Waals surface area contributed by atoms with Crippen LogP contribution in [0.3, 0.4) is 0 Å². The molecule has 0 bridgehead atoms. The number of ether oxygens (including phenoxy) is 1. The van der Waals surface area contributed by atoms with Crippen molar-refractivity contribution in [3.05, 3.63) is 61.2 Å². The maximum atomic E-state index is 12.3. The third kappa shape index (κ3) is 13.7. The lowest BCUT2D eigenvalue weighted by atomic mass is 10.1. The van der Waals surface area contributed by atoms with Gasteiger partial charge >= 0.3 is 20.8 Å². The molecular weight excluding hydrogens is 512 g/mol. The standard InChI is InChI=1S/C23H36N2O9S2/c1-2-3-4-5-6-7-8-15-20-30-21-23(32-36(28,29)34-25-18-13-10-14-19-25)22-31-35(26,27)33-24-16-11-9-12-17-24/h9-14,16-19,23H,2-8,15,20-22H2,1H3/q+2. The SMILES string of the molecule is CCCCCCCCCCOCC(COS(=O)(=O)O[n+]1ccccc1)OS(=O)(=O)O[n+]1ccccc1. The molecule has 11 nitrogen and oxygen atoms in total. The Kier molecular flexibility index (Phi) is 13.6. The molecule has 1 atom stereocenters. The van der Waals surface area contributed by atoms with Gasteiger partial charge in [-0.3, -0.25) is 0 Å². The van der Waals surface area contributed by atoms with Crippen molar-refractivity contribution < 1.29 is 48.0 Å². The Labute approximate surface area is 214 Å². The normalized spacial score (nSPS) is 12.8. The molecule has 2 heterocycles. The monoisotopic (exact) mass is 548 g/mol. The van der Waals surface area contributed by atoms with Gasteiger partial charge in [-0.05, 0) is 6.42 Å². The summed E-state index contributed by atoms with van der Waals surface area (Å²) in [5.74, 6) is 0. The predicted octanol–water partition coefficient (Wildman–Crippen LogP) is 1.87. The summed E-state index contributed by atoms with van der Waals surface area (Å²) in [6.07, 6.45) is 13.1. The topological polar surface area (TPSA) is 122 Å². The molecule has 2 aromatic heterocycles. The highest BCUT2D eigenvalue weighted by Gasteiger charge is 2.29. The molecule has 202 valence electrons. The molecule has 0 aliphatic heterocycles. The highest BCUT2D eigenvalue weighted by molar-refractivity contribution is 7.82. The second-order valence-corrected chi connectivity index (χ2v) is 10.3. The quantitative estimate of drug-likeness (QED) is 0.180. The Hall–Kier alpha value is -2.32. The molecule has 1 unspecified atom stereocenters. The van der Waals surface area contributed by atoms with Crippen LogP contribution in [0.25, 0.3) is 0 Å². The van der Waals surface area contributed by atoms with E-state index in [4.69, 9.17) is 21.7 Å². The predicted molar refractivity (Wildman–Crippen MR) is 129 cm³/mol. The molecule has 2 rings (SSSR count). The number of rotatable bonds is 20. The molecule has 0 aliphatic rings. The molecule has 0 spiro atoms. The van der Waals surface area contributed by atoms with Gasteiger partial charge < -0.3 is 4.74 Å². The average molecular weight is 549 g/mol. The summed E-state index contributed by atoms with van der Waals surface area (Å²) in [7, 11) is -9.07. The van der Waals surface area contributed by atoms with E-state index in [2.05, 4.69) is 6.92 Å². The Morgan fingerprint density at radius 3 is 1.69 bits per heavy atom. The zero-order valence-corrected chi connectivity index (χ0v) is 22.1. The maximum absolute atomic E-state index is 12.3. The molecule has 0 aromatic carbocycles. The lowest BCUT2D eigenvalue weighted by Crippen LogP contribution is -2.48. The van der Waals surface area contributed by atoms with Crippen LogP contribution in [-0.4, -0.2) is 42.8 Å². The number of pyridine rings is 2. The van der Waals surface area contributed by atoms with Crippen molar-refractivity contribution in [1.82, 2.24) is 0 Å². The van der Waals surface area contributed by atoms with Crippen molar-refractivity contribution in [2.75, 3.05) is 19.8 Å². The van der Waals surface area contributed by atoms with Gasteiger partial charge in [0.05, 0.1) is 13.2 Å². The minimum atomic E-state index is -4.56. The van der Waals surface area contributed by atoms with E-state index in [1.54, 1.807) is 36.4 Å². The summed E-state index contributed by atoms with van der Waals surface area (Å²) in [6.45, 7) is 1.65. The van der Waals surface area contributed by atoms with Gasteiger partial charge in [-0.25, -0.2) is 8.37 Å². The summed E-state index contributed by atoms with van der Waals surface area (Å²) in [6, 6.07) is 9.61. The van der Waals surface area contributed by atoms with E-state index in [1.165, 1.54) is 56.9 Å². The lowest BCUT2D eigenvalue weighted by molar-refractivity contribution is -0.857. The first kappa shape index (κ1) is 29.9. The molecule has 0 radical (unpaired) electrons. The minimum Gasteiger partial charge on any atom is -0.379 e. The van der Waals surface area contributed by atoms with Crippen molar-refractivity contribution in [3.8, 4) is 0 Å². The molecule has 0 N–H and O–H groups in total. The van der Waals surface area contributed by atoms with Crippen LogP contribution < -0.4 is 18.0 Å². The Morgan fingerprint density at radius 2 is 1.14 bits per heavy atom. The van der Waals surface area contributed by atoms with Crippen molar-refractivity contribution >= 4 is 20.8 Å². The van der Waals surface area contributed by atoms with Gasteiger partial charge in [-0.1, -0.05) is 64.0 Å². The van der Waals surface area contributed by atoms with Crippen LogP contribution in [0.2, 0.25) is 0 Å². The average Bonchev–Trinajstić information content (AvgIpc) is 2.84. The third-order valence-electron chi connectivity index (χ3n) is 4.83. The Morgan fingerprint density at radius 1 is 0.639 bits per heavy atom. The van der Waals surface area contributed by atoms with E-state index < -0.39 is 33.5 Å². The number of hydrogen-bond donors (Lipinski definition) is 0. The largest absolute Gasteiger partial charge is 0.503 e. The van der Waals surface area contributed by atoms with Crippen LogP contribution in [0.5, 0.6) is 0 Å². The second kappa shape index (κ2) is 16.4. The first-order valence-electron chi connectivity index (χ1n) is 12.0. The summed E-state index contributed by atoms with van der Waals surface area (Å²) in [4.78, 5) is 0. The van der Waals surface area contributed by atoms with E-state index in [0.29, 0.717) is 6.61 Å². The number of nitrogens with zero attached hydrogens (tertiary/aromatic N) is 2. The van der Waals surface area contributed by atoms with E-state index in [1.807, 2.05) is 0 Å². The molecule has 0 aliphatic carbocycles. The fraction of sp³-hybridized carbons (Fsp3) is 0.565. The molecular formula is C23H36N2O9S2+2. The molecule has 0 fully saturated rings. The van der Waals surface area contributed by atoms with E-state index in [0.717, 1.165) is 28.7 Å². The van der Waals surface area contributed by atoms with Gasteiger partial charge in [0.25, 0.3) is 0 Å². The molecule has 0 amide bonds. The van der Waals surface area contributed by atoms with Crippen molar-refractivity contribution in [1.29, 1.82) is 0 Å². The van der Waals surface area contributed by atoms with Gasteiger partial charge in [0, 0.05) is 40.3 Å². The van der Waals surface area contributed by atoms with Gasteiger partial charge in [-0.15, -0.1) is 8.57 Å². The van der Waals surface area contributed by atoms with E-state index in [9.17, 15) is 16.8 Å². The van der Waals surface area contributed by atoms with Crippen LogP contribution in [0.15, 0.2) is 61.2 Å². The van der Waals surface area contributed by atoms with Crippen LogP contribution in [-0.2, 0) is 33.9 Å².